The summed E-state index contributed by atoms with van der Waals surface area (Å²) in [6.07, 6.45) is 1.92. The molecule has 0 unspecified atom stereocenters. The molecule has 5 aromatic rings. The topological polar surface area (TPSA) is 54.0 Å². The molecule has 0 aliphatic carbocycles. The minimum absolute atomic E-state index is 0. The van der Waals surface area contributed by atoms with Crippen LogP contribution in [0.15, 0.2) is 152 Å². The van der Waals surface area contributed by atoms with Crippen LogP contribution in [-0.4, -0.2) is 48.0 Å². The molecule has 0 N–H and O–H groups in total. The van der Waals surface area contributed by atoms with E-state index in [1.54, 1.807) is 0 Å². The van der Waals surface area contributed by atoms with Crippen LogP contribution in [0.2, 0.25) is 10.1 Å². The molecule has 0 heterocycles. The maximum Gasteiger partial charge on any atom is 1.00 e. The molecular formula is C48H59ClHgO5Si2. The van der Waals surface area contributed by atoms with Crippen molar-refractivity contribution in [2.75, 3.05) is 13.2 Å². The van der Waals surface area contributed by atoms with E-state index >= 15 is 0 Å². The van der Waals surface area contributed by atoms with Crippen molar-refractivity contribution >= 4 is 43.4 Å². The molecule has 0 spiro atoms. The number of hydrogen-bond acceptors (Lipinski definition) is 5. The largest absolute Gasteiger partial charge is 1.00 e. The van der Waals surface area contributed by atoms with Crippen molar-refractivity contribution < 1.29 is 63.2 Å². The molecule has 0 aliphatic rings. The minimum atomic E-state index is -3.07. The number of benzene rings is 5. The molecule has 0 amide bonds. The summed E-state index contributed by atoms with van der Waals surface area (Å²) in [6, 6.07) is 53.0. The molecule has 2 atom stereocenters. The van der Waals surface area contributed by atoms with Gasteiger partial charge in [0.05, 0.1) is 32.0 Å². The molecule has 5 rings (SSSR count). The minimum Gasteiger partial charge on any atom is -1.00 e. The second-order valence-corrected chi connectivity index (χ2v) is 24.7. The number of carbonyl (C=O) groups excluding carboxylic acids is 1. The molecule has 0 saturated heterocycles. The number of hydrogen-bond donors (Lipinski definition) is 0. The van der Waals surface area contributed by atoms with Crippen LogP contribution in [0.5, 0.6) is 0 Å². The van der Waals surface area contributed by atoms with E-state index in [0.29, 0.717) is 26.2 Å². The van der Waals surface area contributed by atoms with E-state index in [9.17, 15) is 4.79 Å². The average Bonchev–Trinajstić information content (AvgIpc) is 3.19. The number of carbonyl (C=O) groups is 1. The zero-order chi connectivity index (χ0) is 39.4. The van der Waals surface area contributed by atoms with E-state index in [2.05, 4.69) is 181 Å². The van der Waals surface area contributed by atoms with Gasteiger partial charge in [-0.3, -0.25) is 4.79 Å². The first-order chi connectivity index (χ1) is 26.4. The smallest absolute Gasteiger partial charge is 1.00 e. The molecule has 2 radical (unpaired) electrons. The Hall–Kier alpha value is -2.89. The zero-order valence-electron chi connectivity index (χ0n) is 34.8. The van der Waals surface area contributed by atoms with Crippen LogP contribution < -0.4 is 33.2 Å². The third-order valence-electron chi connectivity index (χ3n) is 10.3. The van der Waals surface area contributed by atoms with E-state index in [1.165, 1.54) is 20.7 Å². The summed E-state index contributed by atoms with van der Waals surface area (Å²) in [5.74, 6) is -0.239. The number of halogens is 1. The number of rotatable bonds is 18. The van der Waals surface area contributed by atoms with Crippen LogP contribution in [0.3, 0.4) is 0 Å². The first kappa shape index (κ1) is 48.5. The summed E-state index contributed by atoms with van der Waals surface area (Å²) >= 11 is 0. The van der Waals surface area contributed by atoms with Crippen molar-refractivity contribution in [1.29, 1.82) is 0 Å². The number of esters is 1. The van der Waals surface area contributed by atoms with E-state index in [4.69, 9.17) is 18.3 Å². The van der Waals surface area contributed by atoms with Crippen LogP contribution >= 0.6 is 0 Å². The third-order valence-corrected chi connectivity index (χ3v) is 20.4. The van der Waals surface area contributed by atoms with Crippen molar-refractivity contribution in [3.05, 3.63) is 164 Å². The molecule has 0 saturated carbocycles. The van der Waals surface area contributed by atoms with E-state index < -0.39 is 28.8 Å². The van der Waals surface area contributed by atoms with Crippen LogP contribution in [0.4, 0.5) is 0 Å². The van der Waals surface area contributed by atoms with Crippen molar-refractivity contribution in [2.45, 2.75) is 90.2 Å². The third kappa shape index (κ3) is 12.1. The van der Waals surface area contributed by atoms with E-state index in [0.717, 1.165) is 5.56 Å². The van der Waals surface area contributed by atoms with Gasteiger partial charge in [0.2, 0.25) is 0 Å². The average molecular weight is 1010 g/mol. The van der Waals surface area contributed by atoms with E-state index in [-0.39, 0.29) is 62.5 Å². The zero-order valence-corrected chi connectivity index (χ0v) is 43.1. The molecule has 5 nitrogen and oxygen atoms in total. The summed E-state index contributed by atoms with van der Waals surface area (Å²) in [7, 11) is -6.03. The Morgan fingerprint density at radius 1 is 0.596 bits per heavy atom. The Balaban J connectivity index is 0.00000435. The summed E-state index contributed by atoms with van der Waals surface area (Å²) in [5.41, 5.74) is 1.06. The van der Waals surface area contributed by atoms with Crippen LogP contribution in [-0.2, 0) is 57.4 Å². The van der Waals surface area contributed by atoms with Gasteiger partial charge in [-0.25, -0.2) is 0 Å². The van der Waals surface area contributed by atoms with Crippen molar-refractivity contribution in [3.63, 3.8) is 0 Å². The maximum atomic E-state index is 12.8. The quantitative estimate of drug-likeness (QED) is 0.0842. The molecule has 9 heteroatoms. The van der Waals surface area contributed by atoms with Crippen LogP contribution in [0, 0.1) is 6.42 Å². The Morgan fingerprint density at radius 2 is 0.982 bits per heavy atom. The second kappa shape index (κ2) is 22.5. The van der Waals surface area contributed by atoms with Gasteiger partial charge in [0, 0.05) is 12.8 Å². The molecule has 0 aliphatic heterocycles. The van der Waals surface area contributed by atoms with Crippen molar-refractivity contribution in [3.8, 4) is 0 Å². The van der Waals surface area contributed by atoms with Gasteiger partial charge in [-0.1, -0.05) is 193 Å². The fourth-order valence-electron chi connectivity index (χ4n) is 7.76. The predicted octanol–water partition coefficient (Wildman–Crippen LogP) is 5.64. The van der Waals surface area contributed by atoms with Crippen molar-refractivity contribution in [1.82, 2.24) is 0 Å². The predicted molar refractivity (Wildman–Crippen MR) is 231 cm³/mol. The molecule has 5 aromatic carbocycles. The second-order valence-electron chi connectivity index (χ2n) is 16.2. The van der Waals surface area contributed by atoms with Crippen molar-refractivity contribution in [2.24, 2.45) is 0 Å². The van der Waals surface area contributed by atoms with E-state index in [1.807, 2.05) is 25.1 Å². The summed E-state index contributed by atoms with van der Waals surface area (Å²) in [4.78, 5) is 12.8. The fraction of sp³-hybridized carbons (Fsp3) is 0.333. The Kier molecular flexibility index (Phi) is 19.1. The summed E-state index contributed by atoms with van der Waals surface area (Å²) in [5, 5.41) is 4.28. The fourth-order valence-corrected chi connectivity index (χ4v) is 16.9. The molecule has 57 heavy (non-hydrogen) atoms. The van der Waals surface area contributed by atoms with Gasteiger partial charge in [0.1, 0.15) is 0 Å². The van der Waals surface area contributed by atoms with Gasteiger partial charge >= 0.3 is 33.6 Å². The van der Waals surface area contributed by atoms with Gasteiger partial charge < -0.3 is 30.7 Å². The Bertz CT molecular complexity index is 1790. The molecular weight excluding hydrogens is 949 g/mol. The first-order valence-corrected chi connectivity index (χ1v) is 23.4. The standard InChI is InChI=1S/C48H59O5Si2.ClH.Hg/c1-8-50-46(49)35-34-40(51-37-39-24-14-9-15-25-39)36-41(53-55(48(5,6)7,44-30-20-12-21-31-44)45-32-22-13-23-33-45)38-52-54(47(2,3)4,42-26-16-10-17-27-42)43-28-18-11-19-29-43;;/h9-33,36,40-41H,8,34-35,37-38H2,1-7H3;1H;/q;;+1/p-1/t40-,41+;;/m1../s1. The first-order valence-electron chi connectivity index (χ1n) is 19.6. The van der Waals surface area contributed by atoms with Gasteiger partial charge in [-0.05, 0) is 49.7 Å². The monoisotopic (exact) mass is 1010 g/mol. The molecule has 0 aromatic heterocycles. The van der Waals surface area contributed by atoms with Gasteiger partial charge in [0.25, 0.3) is 16.6 Å². The summed E-state index contributed by atoms with van der Waals surface area (Å²) < 4.78 is 27.6. The van der Waals surface area contributed by atoms with Crippen LogP contribution in [0.25, 0.3) is 0 Å². The maximum absolute atomic E-state index is 12.8. The van der Waals surface area contributed by atoms with Gasteiger partial charge in [-0.15, -0.1) is 0 Å². The molecule has 0 bridgehead atoms. The molecule has 298 valence electrons. The van der Waals surface area contributed by atoms with Crippen LogP contribution in [0.1, 0.15) is 66.9 Å². The SMILES string of the molecule is CCOC(=O)CC[C@H]([CH][C@@H](CO[Si](c1ccccc1)(c1ccccc1)C(C)(C)C)O[Si](c1ccccc1)(c1ccccc1)C(C)(C)C)OCc1ccccc1.[Cl-].[Hg+]. The summed E-state index contributed by atoms with van der Waals surface area (Å²) in [6.45, 7) is 16.6. The normalized spacial score (nSPS) is 13.1. The van der Waals surface area contributed by atoms with Gasteiger partial charge in [0.15, 0.2) is 0 Å². The number of ether oxygens (including phenoxy) is 2. The van der Waals surface area contributed by atoms with Gasteiger partial charge in [-0.2, -0.15) is 0 Å². The molecule has 0 fully saturated rings. The Morgan fingerprint density at radius 3 is 1.37 bits per heavy atom. The Labute approximate surface area is 371 Å².